The molecule has 0 saturated carbocycles. The summed E-state index contributed by atoms with van der Waals surface area (Å²) in [6, 6.07) is -0.0799. The van der Waals surface area contributed by atoms with E-state index in [1.807, 2.05) is 0 Å². The Kier molecular flexibility index (Phi) is 2.27. The van der Waals surface area contributed by atoms with Crippen LogP contribution in [-0.2, 0) is 4.79 Å². The number of hydrogen-bond acceptors (Lipinski definition) is 2. The molecule has 10 heavy (non-hydrogen) atoms. The van der Waals surface area contributed by atoms with Gasteiger partial charge in [-0.25, -0.2) is 0 Å². The van der Waals surface area contributed by atoms with Gasteiger partial charge in [-0.15, -0.1) is 0 Å². The van der Waals surface area contributed by atoms with Crippen LogP contribution in [0.2, 0.25) is 0 Å². The molecule has 58 valence electrons. The zero-order chi connectivity index (χ0) is 7.56. The Labute approximate surface area is 61.0 Å². The quantitative estimate of drug-likeness (QED) is 0.535. The Hall–Kier alpha value is -0.570. The van der Waals surface area contributed by atoms with Gasteiger partial charge in [0.25, 0.3) is 0 Å². The van der Waals surface area contributed by atoms with Gasteiger partial charge in [-0.2, -0.15) is 0 Å². The number of rotatable bonds is 1. The van der Waals surface area contributed by atoms with Crippen molar-refractivity contribution in [1.29, 1.82) is 0 Å². The summed E-state index contributed by atoms with van der Waals surface area (Å²) in [5.41, 5.74) is 5.13. The van der Waals surface area contributed by atoms with E-state index in [9.17, 15) is 4.79 Å². The molecule has 1 amide bonds. The van der Waals surface area contributed by atoms with Gasteiger partial charge < -0.3 is 11.1 Å². The van der Waals surface area contributed by atoms with Gasteiger partial charge in [-0.3, -0.25) is 4.79 Å². The molecule has 3 N–H and O–H groups in total. The fraction of sp³-hybridized carbons (Fsp3) is 0.857. The summed E-state index contributed by atoms with van der Waals surface area (Å²) in [5.74, 6) is 0.422. The first kappa shape index (κ1) is 7.54. The highest BCUT2D eigenvalue weighted by molar-refractivity contribution is 5.79. The number of primary amides is 1. The zero-order valence-electron chi connectivity index (χ0n) is 6.26. The van der Waals surface area contributed by atoms with Crippen molar-refractivity contribution in [3.05, 3.63) is 0 Å². The van der Waals surface area contributed by atoms with Crippen molar-refractivity contribution in [1.82, 2.24) is 5.32 Å². The second-order valence-corrected chi connectivity index (χ2v) is 3.04. The lowest BCUT2D eigenvalue weighted by Gasteiger charge is -2.25. The molecule has 2 atom stereocenters. The topological polar surface area (TPSA) is 55.1 Å². The third kappa shape index (κ3) is 1.70. The molecule has 1 rings (SSSR count). The number of hydrogen-bond donors (Lipinski definition) is 2. The lowest BCUT2D eigenvalue weighted by atomic mass is 9.94. The Morgan fingerprint density at radius 2 is 2.40 bits per heavy atom. The maximum Gasteiger partial charge on any atom is 0.234 e. The SMILES string of the molecule is C[C@H]1CCN[C@H](C(N)=O)C1. The van der Waals surface area contributed by atoms with E-state index in [1.54, 1.807) is 0 Å². The molecule has 0 radical (unpaired) electrons. The molecule has 1 aliphatic heterocycles. The predicted octanol–water partition coefficient (Wildman–Crippen LogP) is -0.140. The van der Waals surface area contributed by atoms with Crippen LogP contribution >= 0.6 is 0 Å². The van der Waals surface area contributed by atoms with E-state index in [0.29, 0.717) is 5.92 Å². The van der Waals surface area contributed by atoms with E-state index in [2.05, 4.69) is 12.2 Å². The van der Waals surface area contributed by atoms with Crippen LogP contribution in [0.3, 0.4) is 0 Å². The van der Waals surface area contributed by atoms with Crippen LogP contribution in [0.1, 0.15) is 19.8 Å². The first-order chi connectivity index (χ1) is 4.70. The molecule has 0 aliphatic carbocycles. The van der Waals surface area contributed by atoms with Crippen LogP contribution in [0, 0.1) is 5.92 Å². The molecule has 1 saturated heterocycles. The normalized spacial score (nSPS) is 33.7. The van der Waals surface area contributed by atoms with E-state index in [-0.39, 0.29) is 11.9 Å². The van der Waals surface area contributed by atoms with Crippen molar-refractivity contribution in [3.8, 4) is 0 Å². The second kappa shape index (κ2) is 3.01. The Bertz CT molecular complexity index is 136. The lowest BCUT2D eigenvalue weighted by Crippen LogP contribution is -2.46. The van der Waals surface area contributed by atoms with E-state index in [0.717, 1.165) is 19.4 Å². The molecule has 0 bridgehead atoms. The van der Waals surface area contributed by atoms with Gasteiger partial charge in [-0.1, -0.05) is 6.92 Å². The Morgan fingerprint density at radius 1 is 1.70 bits per heavy atom. The summed E-state index contributed by atoms with van der Waals surface area (Å²) in [6.45, 7) is 3.07. The highest BCUT2D eigenvalue weighted by Crippen LogP contribution is 2.14. The van der Waals surface area contributed by atoms with Crippen molar-refractivity contribution < 1.29 is 4.79 Å². The second-order valence-electron chi connectivity index (χ2n) is 3.04. The van der Waals surface area contributed by atoms with Gasteiger partial charge >= 0.3 is 0 Å². The van der Waals surface area contributed by atoms with Crippen LogP contribution in [0.4, 0.5) is 0 Å². The minimum Gasteiger partial charge on any atom is -0.368 e. The fourth-order valence-corrected chi connectivity index (χ4v) is 1.32. The predicted molar refractivity (Wildman–Crippen MR) is 39.4 cm³/mol. The van der Waals surface area contributed by atoms with Crippen molar-refractivity contribution in [3.63, 3.8) is 0 Å². The Balaban J connectivity index is 2.39. The van der Waals surface area contributed by atoms with E-state index >= 15 is 0 Å². The summed E-state index contributed by atoms with van der Waals surface area (Å²) in [6.07, 6.45) is 2.05. The summed E-state index contributed by atoms with van der Waals surface area (Å²) in [5, 5.41) is 3.07. The van der Waals surface area contributed by atoms with E-state index < -0.39 is 0 Å². The number of nitrogens with two attached hydrogens (primary N) is 1. The van der Waals surface area contributed by atoms with E-state index in [4.69, 9.17) is 5.73 Å². The van der Waals surface area contributed by atoms with E-state index in [1.165, 1.54) is 0 Å². The molecular formula is C7H14N2O. The first-order valence-corrected chi connectivity index (χ1v) is 3.73. The van der Waals surface area contributed by atoms with Crippen LogP contribution in [0.25, 0.3) is 0 Å². The van der Waals surface area contributed by atoms with Crippen LogP contribution in [-0.4, -0.2) is 18.5 Å². The molecule has 1 aliphatic rings. The zero-order valence-corrected chi connectivity index (χ0v) is 6.26. The average Bonchev–Trinajstić information content (AvgIpc) is 1.88. The van der Waals surface area contributed by atoms with Crippen LogP contribution in [0.15, 0.2) is 0 Å². The third-order valence-electron chi connectivity index (χ3n) is 2.01. The molecule has 0 aromatic rings. The molecule has 3 nitrogen and oxygen atoms in total. The number of nitrogens with one attached hydrogen (secondary N) is 1. The monoisotopic (exact) mass is 142 g/mol. The summed E-state index contributed by atoms with van der Waals surface area (Å²) < 4.78 is 0. The molecule has 1 fully saturated rings. The van der Waals surface area contributed by atoms with Crippen molar-refractivity contribution >= 4 is 5.91 Å². The van der Waals surface area contributed by atoms with Crippen molar-refractivity contribution in [2.24, 2.45) is 11.7 Å². The minimum absolute atomic E-state index is 0.0799. The van der Waals surface area contributed by atoms with Gasteiger partial charge in [0.2, 0.25) is 5.91 Å². The molecule has 0 aromatic heterocycles. The Morgan fingerprint density at radius 3 is 2.80 bits per heavy atom. The van der Waals surface area contributed by atoms with Gasteiger partial charge in [-0.05, 0) is 25.3 Å². The van der Waals surface area contributed by atoms with Gasteiger partial charge in [0.15, 0.2) is 0 Å². The minimum atomic E-state index is -0.216. The molecule has 1 heterocycles. The van der Waals surface area contributed by atoms with Gasteiger partial charge in [0.05, 0.1) is 6.04 Å². The van der Waals surface area contributed by atoms with Gasteiger partial charge in [0, 0.05) is 0 Å². The standard InChI is InChI=1S/C7H14N2O/c1-5-2-3-9-6(4-5)7(8)10/h5-6,9H,2-4H2,1H3,(H2,8,10)/t5-,6-/m0/s1. The first-order valence-electron chi connectivity index (χ1n) is 3.73. The fourth-order valence-electron chi connectivity index (χ4n) is 1.32. The molecular weight excluding hydrogens is 128 g/mol. The number of carbonyl (C=O) groups excluding carboxylic acids is 1. The number of carbonyl (C=O) groups is 1. The van der Waals surface area contributed by atoms with Crippen molar-refractivity contribution in [2.75, 3.05) is 6.54 Å². The number of piperidine rings is 1. The van der Waals surface area contributed by atoms with Crippen LogP contribution in [0.5, 0.6) is 0 Å². The smallest absolute Gasteiger partial charge is 0.234 e. The maximum atomic E-state index is 10.7. The molecule has 3 heteroatoms. The molecule has 0 unspecified atom stereocenters. The molecule has 0 aromatic carbocycles. The summed E-state index contributed by atoms with van der Waals surface area (Å²) in [7, 11) is 0. The van der Waals surface area contributed by atoms with Gasteiger partial charge in [0.1, 0.15) is 0 Å². The highest BCUT2D eigenvalue weighted by Gasteiger charge is 2.21. The molecule has 0 spiro atoms. The largest absolute Gasteiger partial charge is 0.368 e. The average molecular weight is 142 g/mol. The maximum absolute atomic E-state index is 10.7. The number of amides is 1. The summed E-state index contributed by atoms with van der Waals surface area (Å²) in [4.78, 5) is 10.7. The summed E-state index contributed by atoms with van der Waals surface area (Å²) >= 11 is 0. The van der Waals surface area contributed by atoms with Crippen molar-refractivity contribution in [2.45, 2.75) is 25.8 Å². The lowest BCUT2D eigenvalue weighted by molar-refractivity contribution is -0.120. The third-order valence-corrected chi connectivity index (χ3v) is 2.01. The van der Waals surface area contributed by atoms with Crippen LogP contribution < -0.4 is 11.1 Å². The highest BCUT2D eigenvalue weighted by atomic mass is 16.1.